The van der Waals surface area contributed by atoms with E-state index >= 15 is 0 Å². The lowest BCUT2D eigenvalue weighted by Gasteiger charge is -2.21. The number of hydrogen-bond donors (Lipinski definition) is 1. The first-order valence-corrected chi connectivity index (χ1v) is 6.27. The minimum Gasteiger partial charge on any atom is -0.353 e. The van der Waals surface area contributed by atoms with Gasteiger partial charge in [0.25, 0.3) is 0 Å². The van der Waals surface area contributed by atoms with Gasteiger partial charge in [-0.3, -0.25) is 9.69 Å². The van der Waals surface area contributed by atoms with E-state index in [1.165, 1.54) is 12.5 Å². The number of carbonyl (C=O) groups excluding carboxylic acids is 1. The molecule has 2 rings (SSSR count). The first-order valence-electron chi connectivity index (χ1n) is 6.27. The lowest BCUT2D eigenvalue weighted by Crippen LogP contribution is -2.40. The third-order valence-electron chi connectivity index (χ3n) is 3.29. The Bertz CT molecular complexity index is 410. The second-order valence-electron chi connectivity index (χ2n) is 5.01. The van der Waals surface area contributed by atoms with Crippen LogP contribution < -0.4 is 5.32 Å². The van der Waals surface area contributed by atoms with Gasteiger partial charge in [-0.15, -0.1) is 0 Å². The third kappa shape index (κ3) is 3.53. The number of halogens is 1. The van der Waals surface area contributed by atoms with Crippen LogP contribution in [0.5, 0.6) is 0 Å². The van der Waals surface area contributed by atoms with Crippen molar-refractivity contribution in [1.29, 1.82) is 0 Å². The summed E-state index contributed by atoms with van der Waals surface area (Å²) in [5, 5.41) is 2.57. The first-order chi connectivity index (χ1) is 8.57. The Labute approximate surface area is 107 Å². The number of nitrogens with zero attached hydrogens (tertiary/aromatic N) is 1. The maximum atomic E-state index is 14.4. The molecule has 1 atom stereocenters. The molecule has 1 aliphatic heterocycles. The smallest absolute Gasteiger partial charge is 0.216 e. The summed E-state index contributed by atoms with van der Waals surface area (Å²) >= 11 is 0. The zero-order chi connectivity index (χ0) is 13.0. The molecule has 1 saturated heterocycles. The molecule has 1 heterocycles. The fourth-order valence-corrected chi connectivity index (χ4v) is 2.32. The van der Waals surface area contributed by atoms with Gasteiger partial charge in [-0.2, -0.15) is 0 Å². The summed E-state index contributed by atoms with van der Waals surface area (Å²) in [5.74, 6) is -0.173. The highest BCUT2D eigenvalue weighted by Gasteiger charge is 2.38. The van der Waals surface area contributed by atoms with E-state index in [9.17, 15) is 9.18 Å². The molecule has 0 bridgehead atoms. The second kappa shape index (κ2) is 5.48. The van der Waals surface area contributed by atoms with Crippen molar-refractivity contribution in [2.45, 2.75) is 25.6 Å². The van der Waals surface area contributed by atoms with E-state index in [2.05, 4.69) is 10.2 Å². The number of rotatable bonds is 4. The maximum absolute atomic E-state index is 14.4. The number of benzene rings is 1. The van der Waals surface area contributed by atoms with Gasteiger partial charge in [-0.25, -0.2) is 4.39 Å². The van der Waals surface area contributed by atoms with Crippen LogP contribution in [0.15, 0.2) is 30.3 Å². The van der Waals surface area contributed by atoms with E-state index in [0.717, 1.165) is 13.1 Å². The molecule has 0 saturated carbocycles. The Balaban J connectivity index is 1.86. The molecule has 4 heteroatoms. The van der Waals surface area contributed by atoms with Crippen LogP contribution in [0.3, 0.4) is 0 Å². The van der Waals surface area contributed by atoms with E-state index in [0.29, 0.717) is 13.0 Å². The summed E-state index contributed by atoms with van der Waals surface area (Å²) in [6.07, 6.45) is 0.486. The van der Waals surface area contributed by atoms with Crippen LogP contribution >= 0.6 is 0 Å². The average Bonchev–Trinajstić information content (AvgIpc) is 2.71. The van der Waals surface area contributed by atoms with Gasteiger partial charge in [0, 0.05) is 26.6 Å². The van der Waals surface area contributed by atoms with E-state index in [4.69, 9.17) is 0 Å². The molecule has 1 aliphatic rings. The topological polar surface area (TPSA) is 32.3 Å². The van der Waals surface area contributed by atoms with Crippen molar-refractivity contribution in [2.24, 2.45) is 0 Å². The van der Waals surface area contributed by atoms with Crippen molar-refractivity contribution in [3.05, 3.63) is 35.9 Å². The van der Waals surface area contributed by atoms with E-state index in [1.54, 1.807) is 0 Å². The normalized spacial score (nSPS) is 24.1. The standard InChI is InChI=1S/C14H19FN2O/c1-12(18)16-10-14(15)7-8-17(11-14)9-13-5-3-2-4-6-13/h2-6H,7-11H2,1H3,(H,16,18). The van der Waals surface area contributed by atoms with E-state index in [1.807, 2.05) is 30.3 Å². The molecule has 98 valence electrons. The number of alkyl halides is 1. The highest BCUT2D eigenvalue weighted by atomic mass is 19.1. The lowest BCUT2D eigenvalue weighted by atomic mass is 10.1. The molecule has 1 aromatic rings. The summed E-state index contributed by atoms with van der Waals surface area (Å²) in [4.78, 5) is 12.9. The number of hydrogen-bond acceptors (Lipinski definition) is 2. The number of nitrogens with one attached hydrogen (secondary N) is 1. The molecular weight excluding hydrogens is 231 g/mol. The van der Waals surface area contributed by atoms with Crippen molar-refractivity contribution in [1.82, 2.24) is 10.2 Å². The second-order valence-corrected chi connectivity index (χ2v) is 5.01. The predicted octanol–water partition coefficient (Wildman–Crippen LogP) is 1.74. The summed E-state index contributed by atoms with van der Waals surface area (Å²) in [7, 11) is 0. The third-order valence-corrected chi connectivity index (χ3v) is 3.29. The summed E-state index contributed by atoms with van der Waals surface area (Å²) < 4.78 is 14.4. The SMILES string of the molecule is CC(=O)NCC1(F)CCN(Cc2ccccc2)C1. The molecule has 0 aromatic heterocycles. The molecule has 1 aromatic carbocycles. The number of carbonyl (C=O) groups is 1. The van der Waals surface area contributed by atoms with E-state index < -0.39 is 5.67 Å². The number of likely N-dealkylation sites (tertiary alicyclic amines) is 1. The van der Waals surface area contributed by atoms with Crippen LogP contribution in [0, 0.1) is 0 Å². The van der Waals surface area contributed by atoms with Crippen LogP contribution in [0.1, 0.15) is 18.9 Å². The molecule has 0 radical (unpaired) electrons. The van der Waals surface area contributed by atoms with Crippen molar-refractivity contribution in [3.8, 4) is 0 Å². The molecule has 1 fully saturated rings. The minimum atomic E-state index is -1.28. The molecular formula is C14H19FN2O. The summed E-state index contributed by atoms with van der Waals surface area (Å²) in [5.41, 5.74) is -0.0817. The molecule has 3 nitrogen and oxygen atoms in total. The van der Waals surface area contributed by atoms with Gasteiger partial charge in [0.1, 0.15) is 5.67 Å². The molecule has 1 N–H and O–H groups in total. The molecule has 1 unspecified atom stereocenters. The highest BCUT2D eigenvalue weighted by molar-refractivity contribution is 5.72. The van der Waals surface area contributed by atoms with Crippen molar-refractivity contribution in [3.63, 3.8) is 0 Å². The monoisotopic (exact) mass is 250 g/mol. The van der Waals surface area contributed by atoms with Crippen molar-refractivity contribution < 1.29 is 9.18 Å². The zero-order valence-corrected chi connectivity index (χ0v) is 10.7. The zero-order valence-electron chi connectivity index (χ0n) is 10.7. The van der Waals surface area contributed by atoms with Crippen molar-refractivity contribution in [2.75, 3.05) is 19.6 Å². The minimum absolute atomic E-state index is 0.119. The van der Waals surface area contributed by atoms with Gasteiger partial charge in [0.15, 0.2) is 0 Å². The average molecular weight is 250 g/mol. The Morgan fingerprint density at radius 2 is 2.17 bits per heavy atom. The Kier molecular flexibility index (Phi) is 3.97. The lowest BCUT2D eigenvalue weighted by molar-refractivity contribution is -0.119. The van der Waals surface area contributed by atoms with Gasteiger partial charge in [-0.05, 0) is 12.0 Å². The van der Waals surface area contributed by atoms with Crippen LogP contribution in [0.2, 0.25) is 0 Å². The predicted molar refractivity (Wildman–Crippen MR) is 68.9 cm³/mol. The summed E-state index contributed by atoms with van der Waals surface area (Å²) in [6, 6.07) is 10.1. The van der Waals surface area contributed by atoms with Gasteiger partial charge < -0.3 is 5.32 Å². The molecule has 1 amide bonds. The Hall–Kier alpha value is -1.42. The quantitative estimate of drug-likeness (QED) is 0.882. The Morgan fingerprint density at radius 1 is 1.44 bits per heavy atom. The largest absolute Gasteiger partial charge is 0.353 e. The summed E-state index contributed by atoms with van der Waals surface area (Å²) in [6.45, 7) is 3.44. The first kappa shape index (κ1) is 13.0. The molecule has 0 aliphatic carbocycles. The fourth-order valence-electron chi connectivity index (χ4n) is 2.32. The fraction of sp³-hybridized carbons (Fsp3) is 0.500. The van der Waals surface area contributed by atoms with Crippen LogP contribution in [0.4, 0.5) is 4.39 Å². The van der Waals surface area contributed by atoms with Crippen LogP contribution in [-0.4, -0.2) is 36.1 Å². The van der Waals surface area contributed by atoms with Gasteiger partial charge >= 0.3 is 0 Å². The van der Waals surface area contributed by atoms with Crippen LogP contribution in [0.25, 0.3) is 0 Å². The van der Waals surface area contributed by atoms with Gasteiger partial charge in [0.05, 0.1) is 6.54 Å². The maximum Gasteiger partial charge on any atom is 0.216 e. The molecule has 18 heavy (non-hydrogen) atoms. The van der Waals surface area contributed by atoms with Crippen LogP contribution in [-0.2, 0) is 11.3 Å². The van der Waals surface area contributed by atoms with Gasteiger partial charge in [-0.1, -0.05) is 30.3 Å². The highest BCUT2D eigenvalue weighted by Crippen LogP contribution is 2.26. The molecule has 0 spiro atoms. The van der Waals surface area contributed by atoms with E-state index in [-0.39, 0.29) is 12.5 Å². The van der Waals surface area contributed by atoms with Crippen molar-refractivity contribution >= 4 is 5.91 Å². The van der Waals surface area contributed by atoms with Gasteiger partial charge in [0.2, 0.25) is 5.91 Å². The number of amides is 1. The Morgan fingerprint density at radius 3 is 2.83 bits per heavy atom.